The maximum atomic E-state index is 11.8. The van der Waals surface area contributed by atoms with Crippen molar-refractivity contribution in [1.82, 2.24) is 0 Å². The molecule has 0 saturated carbocycles. The average molecular weight is 347 g/mol. The summed E-state index contributed by atoms with van der Waals surface area (Å²) in [7, 11) is 3.90. The topological polar surface area (TPSA) is 104 Å². The fourth-order valence-electron chi connectivity index (χ4n) is 2.17. The average Bonchev–Trinajstić information content (AvgIpc) is 2.60. The molecule has 0 unspecified atom stereocenters. The molecule has 1 aromatic carbocycles. The van der Waals surface area contributed by atoms with Gasteiger partial charge in [-0.3, -0.25) is 0 Å². The van der Waals surface area contributed by atoms with Gasteiger partial charge >= 0.3 is 17.6 Å². The molecule has 25 heavy (non-hydrogen) atoms. The van der Waals surface area contributed by atoms with Crippen molar-refractivity contribution in [1.29, 1.82) is 0 Å². The van der Waals surface area contributed by atoms with Crippen LogP contribution in [0.15, 0.2) is 45.3 Å². The summed E-state index contributed by atoms with van der Waals surface area (Å²) in [5.41, 5.74) is 0.773. The minimum absolute atomic E-state index is 0.121. The van der Waals surface area contributed by atoms with Crippen LogP contribution in [0, 0.1) is 0 Å². The summed E-state index contributed by atoms with van der Waals surface area (Å²) < 4.78 is 19.4. The van der Waals surface area contributed by atoms with Gasteiger partial charge in [0.05, 0.1) is 26.9 Å². The molecular weight excluding hydrogens is 330 g/mol. The van der Waals surface area contributed by atoms with E-state index in [0.29, 0.717) is 22.2 Å². The smallest absolute Gasteiger partial charge is 0.354 e. The van der Waals surface area contributed by atoms with E-state index in [1.807, 2.05) is 0 Å². The van der Waals surface area contributed by atoms with Crippen LogP contribution in [0.4, 0.5) is 5.69 Å². The monoisotopic (exact) mass is 347 g/mol. The Bertz CT molecular complexity index is 882. The van der Waals surface area contributed by atoms with Crippen molar-refractivity contribution in [2.75, 3.05) is 26.6 Å². The summed E-state index contributed by atoms with van der Waals surface area (Å²) in [6.45, 7) is 0.254. The number of nitrogens with one attached hydrogen (secondary N) is 1. The third kappa shape index (κ3) is 4.45. The fraction of sp³-hybridized carbons (Fsp3) is 0.235. The Morgan fingerprint density at radius 1 is 1.16 bits per heavy atom. The van der Waals surface area contributed by atoms with Gasteiger partial charge in [0.25, 0.3) is 0 Å². The molecule has 2 rings (SSSR count). The lowest BCUT2D eigenvalue weighted by atomic mass is 10.1. The fourth-order valence-corrected chi connectivity index (χ4v) is 2.17. The van der Waals surface area contributed by atoms with E-state index in [0.717, 1.165) is 6.08 Å². The number of hydrogen-bond donors (Lipinski definition) is 1. The zero-order valence-corrected chi connectivity index (χ0v) is 14.0. The number of carbonyl (C=O) groups is 2. The normalized spacial score (nSPS) is 11.2. The molecule has 0 aliphatic carbocycles. The van der Waals surface area contributed by atoms with E-state index in [4.69, 9.17) is 9.15 Å². The molecule has 132 valence electrons. The number of esters is 2. The van der Waals surface area contributed by atoms with Crippen molar-refractivity contribution in [3.8, 4) is 0 Å². The molecular formula is C17H17NO7. The van der Waals surface area contributed by atoms with Crippen LogP contribution >= 0.6 is 0 Å². The van der Waals surface area contributed by atoms with Crippen LogP contribution in [0.1, 0.15) is 5.56 Å². The van der Waals surface area contributed by atoms with Crippen LogP contribution in [0.25, 0.3) is 11.0 Å². The van der Waals surface area contributed by atoms with Gasteiger partial charge in [0.2, 0.25) is 0 Å². The first-order valence-corrected chi connectivity index (χ1v) is 7.19. The Balaban J connectivity index is 2.43. The quantitative estimate of drug-likeness (QED) is 0.477. The van der Waals surface area contributed by atoms with Gasteiger partial charge in [-0.05, 0) is 17.7 Å². The van der Waals surface area contributed by atoms with Gasteiger partial charge in [0, 0.05) is 30.3 Å². The second-order valence-electron chi connectivity index (χ2n) is 4.93. The summed E-state index contributed by atoms with van der Waals surface area (Å²) in [5, 5.41) is 3.45. The van der Waals surface area contributed by atoms with Gasteiger partial charge in [0.1, 0.15) is 11.3 Å². The lowest BCUT2D eigenvalue weighted by Crippen LogP contribution is -2.15. The van der Waals surface area contributed by atoms with E-state index in [1.54, 1.807) is 12.1 Å². The van der Waals surface area contributed by atoms with Crippen LogP contribution in [0.3, 0.4) is 0 Å². The molecule has 1 N–H and O–H groups in total. The first-order chi connectivity index (χ1) is 12.0. The van der Waals surface area contributed by atoms with Crippen molar-refractivity contribution in [2.24, 2.45) is 0 Å². The van der Waals surface area contributed by atoms with Crippen LogP contribution < -0.4 is 10.9 Å². The first kappa shape index (κ1) is 18.2. The molecule has 0 aliphatic heterocycles. The van der Waals surface area contributed by atoms with Crippen LogP contribution in [-0.4, -0.2) is 33.3 Å². The summed E-state index contributed by atoms with van der Waals surface area (Å²) in [5.74, 6) is -1.47. The van der Waals surface area contributed by atoms with Gasteiger partial charge in [-0.25, -0.2) is 14.4 Å². The van der Waals surface area contributed by atoms with Gasteiger partial charge < -0.3 is 23.9 Å². The highest BCUT2D eigenvalue weighted by Gasteiger charge is 2.14. The number of benzene rings is 1. The van der Waals surface area contributed by atoms with Crippen molar-refractivity contribution in [2.45, 2.75) is 6.61 Å². The molecule has 8 nitrogen and oxygen atoms in total. The number of ether oxygens (including phenoxy) is 3. The number of anilines is 1. The minimum Gasteiger partial charge on any atom is -0.466 e. The van der Waals surface area contributed by atoms with E-state index in [9.17, 15) is 14.4 Å². The molecule has 1 heterocycles. The number of methoxy groups -OCH3 is 3. The van der Waals surface area contributed by atoms with Gasteiger partial charge in [-0.1, -0.05) is 0 Å². The number of rotatable bonds is 6. The van der Waals surface area contributed by atoms with Crippen molar-refractivity contribution < 1.29 is 28.2 Å². The zero-order valence-electron chi connectivity index (χ0n) is 14.0. The Hall–Kier alpha value is -3.13. The number of fused-ring (bicyclic) bond motifs is 1. The molecule has 0 bridgehead atoms. The summed E-state index contributed by atoms with van der Waals surface area (Å²) in [6.07, 6.45) is 0.966. The van der Waals surface area contributed by atoms with Crippen LogP contribution in [-0.2, 0) is 30.4 Å². The lowest BCUT2D eigenvalue weighted by Gasteiger charge is -2.10. The summed E-state index contributed by atoms with van der Waals surface area (Å²) in [6, 6.07) is 6.26. The second-order valence-corrected chi connectivity index (χ2v) is 4.93. The number of hydrogen-bond acceptors (Lipinski definition) is 8. The zero-order chi connectivity index (χ0) is 18.4. The van der Waals surface area contributed by atoms with Crippen LogP contribution in [0.5, 0.6) is 0 Å². The van der Waals surface area contributed by atoms with Gasteiger partial charge in [-0.2, -0.15) is 0 Å². The Morgan fingerprint density at radius 3 is 2.56 bits per heavy atom. The predicted octanol–water partition coefficient (Wildman–Crippen LogP) is 1.58. The highest BCUT2D eigenvalue weighted by Crippen LogP contribution is 2.23. The molecule has 0 atom stereocenters. The highest BCUT2D eigenvalue weighted by atomic mass is 16.5. The van der Waals surface area contributed by atoms with Gasteiger partial charge in [-0.15, -0.1) is 0 Å². The summed E-state index contributed by atoms with van der Waals surface area (Å²) in [4.78, 5) is 34.8. The minimum atomic E-state index is -0.750. The third-order valence-corrected chi connectivity index (χ3v) is 3.28. The van der Waals surface area contributed by atoms with Crippen molar-refractivity contribution in [3.63, 3.8) is 0 Å². The maximum absolute atomic E-state index is 11.8. The molecule has 0 amide bonds. The van der Waals surface area contributed by atoms with E-state index >= 15 is 0 Å². The van der Waals surface area contributed by atoms with Crippen LogP contribution in [0.2, 0.25) is 0 Å². The molecule has 8 heteroatoms. The standard InChI is InChI=1S/C17H17NO7/c1-22-9-10-6-16(20)25-14-7-11(4-5-12(10)14)18-13(17(21)24-3)8-15(19)23-2/h4-8,18H,9H2,1-3H3/b13-8+. The second kappa shape index (κ2) is 8.11. The Kier molecular flexibility index (Phi) is 5.91. The maximum Gasteiger partial charge on any atom is 0.354 e. The molecule has 1 aromatic heterocycles. The molecule has 0 spiro atoms. The molecule has 0 aliphatic rings. The Morgan fingerprint density at radius 2 is 1.92 bits per heavy atom. The van der Waals surface area contributed by atoms with Gasteiger partial charge in [0.15, 0.2) is 0 Å². The van der Waals surface area contributed by atoms with E-state index in [1.165, 1.54) is 33.5 Å². The summed E-state index contributed by atoms with van der Waals surface area (Å²) >= 11 is 0. The number of carbonyl (C=O) groups excluding carboxylic acids is 2. The predicted molar refractivity (Wildman–Crippen MR) is 88.9 cm³/mol. The lowest BCUT2D eigenvalue weighted by molar-refractivity contribution is -0.138. The third-order valence-electron chi connectivity index (χ3n) is 3.28. The molecule has 0 fully saturated rings. The first-order valence-electron chi connectivity index (χ1n) is 7.19. The molecule has 0 radical (unpaired) electrons. The largest absolute Gasteiger partial charge is 0.466 e. The van der Waals surface area contributed by atoms with Crippen molar-refractivity contribution >= 4 is 28.6 Å². The molecule has 2 aromatic rings. The highest BCUT2D eigenvalue weighted by molar-refractivity contribution is 5.99. The van der Waals surface area contributed by atoms with E-state index in [2.05, 4.69) is 14.8 Å². The van der Waals surface area contributed by atoms with E-state index < -0.39 is 17.6 Å². The van der Waals surface area contributed by atoms with Crippen molar-refractivity contribution in [3.05, 3.63) is 52.0 Å². The molecule has 0 saturated heterocycles. The SMILES string of the molecule is COCc1cc(=O)oc2cc(N/C(=C/C(=O)OC)C(=O)OC)ccc12. The Labute approximate surface area is 143 Å². The van der Waals surface area contributed by atoms with E-state index in [-0.39, 0.29) is 12.3 Å².